The number of hydrogen-bond acceptors (Lipinski definition) is 1. The third-order valence-electron chi connectivity index (χ3n) is 4.69. The van der Waals surface area contributed by atoms with Crippen molar-refractivity contribution < 1.29 is 24.0 Å². The zero-order valence-corrected chi connectivity index (χ0v) is 17.9. The predicted molar refractivity (Wildman–Crippen MR) is 116 cm³/mol. The van der Waals surface area contributed by atoms with Gasteiger partial charge in [-0.1, -0.05) is 60.7 Å². The summed E-state index contributed by atoms with van der Waals surface area (Å²) in [5.74, 6) is 0. The molecule has 0 heterocycles. The normalized spacial score (nSPS) is 10.8. The molecule has 0 saturated heterocycles. The molecular weight excluding hydrogens is 460 g/mol. The highest BCUT2D eigenvalue weighted by Gasteiger charge is 2.47. The van der Waals surface area contributed by atoms with Crippen LogP contribution < -0.4 is 50.9 Å². The zero-order chi connectivity index (χ0) is 17.8. The number of halogens is 1. The van der Waals surface area contributed by atoms with Gasteiger partial charge < -0.3 is 29.7 Å². The van der Waals surface area contributed by atoms with E-state index in [1.165, 1.54) is 21.2 Å². The summed E-state index contributed by atoms with van der Waals surface area (Å²) in [5, 5.41) is 5.29. The van der Waals surface area contributed by atoms with Crippen LogP contribution in [0.3, 0.4) is 0 Å². The summed E-state index contributed by atoms with van der Waals surface area (Å²) in [6.07, 6.45) is 0. The van der Waals surface area contributed by atoms with Crippen molar-refractivity contribution in [3.8, 4) is 0 Å². The van der Waals surface area contributed by atoms with Crippen LogP contribution in [-0.4, -0.2) is 0 Å². The van der Waals surface area contributed by atoms with Crippen LogP contribution in [0.25, 0.3) is 0 Å². The highest BCUT2D eigenvalue weighted by Crippen LogP contribution is 2.54. The Labute approximate surface area is 178 Å². The lowest BCUT2D eigenvalue weighted by atomic mass is 10.3. The Balaban J connectivity index is 0.00000210. The first-order valence-electron chi connectivity index (χ1n) is 8.74. The standard InChI is InChI=1S/C24H21NP.HI/c25-20-11-10-18-24(19-20)26(21-12-4-1-5-13-21,22-14-6-2-7-15-22)23-16-8-3-9-17-23;/h1-19H,25H2;1H/q+1;/p-1. The first-order valence-corrected chi connectivity index (χ1v) is 10.5. The van der Waals surface area contributed by atoms with E-state index in [-0.39, 0.29) is 24.0 Å². The number of anilines is 1. The van der Waals surface area contributed by atoms with Gasteiger partial charge in [0.05, 0.1) is 0 Å². The largest absolute Gasteiger partial charge is 1.00 e. The topological polar surface area (TPSA) is 26.0 Å². The molecule has 4 rings (SSSR count). The summed E-state index contributed by atoms with van der Waals surface area (Å²) in [7, 11) is -2.01. The Bertz CT molecular complexity index is 892. The van der Waals surface area contributed by atoms with E-state index in [0.717, 1.165) is 5.69 Å². The van der Waals surface area contributed by atoms with Gasteiger partial charge in [0.25, 0.3) is 0 Å². The molecule has 0 atom stereocenters. The lowest BCUT2D eigenvalue weighted by Gasteiger charge is -2.27. The zero-order valence-electron chi connectivity index (χ0n) is 14.9. The van der Waals surface area contributed by atoms with E-state index < -0.39 is 7.26 Å². The lowest BCUT2D eigenvalue weighted by molar-refractivity contribution is -0.00000498. The Hall–Kier alpha value is -2.16. The van der Waals surface area contributed by atoms with Gasteiger partial charge in [-0.05, 0) is 48.5 Å². The quantitative estimate of drug-likeness (QED) is 0.262. The van der Waals surface area contributed by atoms with Gasteiger partial charge in [0.1, 0.15) is 28.5 Å². The van der Waals surface area contributed by atoms with Crippen LogP contribution in [0, 0.1) is 0 Å². The van der Waals surface area contributed by atoms with Crippen molar-refractivity contribution in [1.29, 1.82) is 0 Å². The van der Waals surface area contributed by atoms with Crippen molar-refractivity contribution in [3.63, 3.8) is 0 Å². The molecule has 0 saturated carbocycles. The molecular formula is C24H21INP. The number of benzene rings is 4. The number of nitrogen functional groups attached to an aromatic ring is 1. The molecule has 0 unspecified atom stereocenters. The fourth-order valence-electron chi connectivity index (χ4n) is 3.58. The van der Waals surface area contributed by atoms with Crippen molar-refractivity contribution in [2.45, 2.75) is 0 Å². The SMILES string of the molecule is Nc1cccc([P+](c2ccccc2)(c2ccccc2)c2ccccc2)c1.[I-]. The minimum atomic E-state index is -2.01. The van der Waals surface area contributed by atoms with E-state index in [1.807, 2.05) is 6.07 Å². The smallest absolute Gasteiger partial charge is 0.144 e. The van der Waals surface area contributed by atoms with Crippen molar-refractivity contribution in [3.05, 3.63) is 115 Å². The van der Waals surface area contributed by atoms with Crippen molar-refractivity contribution in [1.82, 2.24) is 0 Å². The molecule has 134 valence electrons. The molecule has 2 N–H and O–H groups in total. The van der Waals surface area contributed by atoms with Crippen LogP contribution in [-0.2, 0) is 0 Å². The monoisotopic (exact) mass is 481 g/mol. The molecule has 0 bridgehead atoms. The van der Waals surface area contributed by atoms with Crippen LogP contribution in [0.5, 0.6) is 0 Å². The summed E-state index contributed by atoms with van der Waals surface area (Å²) < 4.78 is 0. The van der Waals surface area contributed by atoms with Crippen LogP contribution in [0.15, 0.2) is 115 Å². The molecule has 3 heteroatoms. The van der Waals surface area contributed by atoms with E-state index >= 15 is 0 Å². The Morgan fingerprint density at radius 3 is 1.19 bits per heavy atom. The number of hydrogen-bond donors (Lipinski definition) is 1. The molecule has 0 aliphatic carbocycles. The Kier molecular flexibility index (Phi) is 6.30. The van der Waals surface area contributed by atoms with E-state index in [1.54, 1.807) is 0 Å². The third-order valence-corrected chi connectivity index (χ3v) is 8.96. The maximum atomic E-state index is 6.21. The molecule has 27 heavy (non-hydrogen) atoms. The first-order chi connectivity index (χ1) is 12.8. The number of nitrogens with two attached hydrogens (primary N) is 1. The van der Waals surface area contributed by atoms with Crippen LogP contribution in [0.4, 0.5) is 5.69 Å². The average Bonchev–Trinajstić information content (AvgIpc) is 2.71. The predicted octanol–water partition coefficient (Wildman–Crippen LogP) is 0.892. The molecule has 4 aromatic carbocycles. The van der Waals surface area contributed by atoms with Crippen molar-refractivity contribution in [2.75, 3.05) is 5.73 Å². The molecule has 0 radical (unpaired) electrons. The number of rotatable bonds is 4. The maximum absolute atomic E-state index is 6.21. The fourth-order valence-corrected chi connectivity index (χ4v) is 7.88. The Morgan fingerprint density at radius 2 is 0.815 bits per heavy atom. The second-order valence-corrected chi connectivity index (χ2v) is 9.68. The van der Waals surface area contributed by atoms with Crippen LogP contribution >= 0.6 is 7.26 Å². The minimum absolute atomic E-state index is 0. The van der Waals surface area contributed by atoms with Gasteiger partial charge in [-0.25, -0.2) is 0 Å². The fraction of sp³-hybridized carbons (Fsp3) is 0. The average molecular weight is 481 g/mol. The molecule has 0 aliphatic heterocycles. The van der Waals surface area contributed by atoms with Crippen LogP contribution in [0.2, 0.25) is 0 Å². The second kappa shape index (κ2) is 8.69. The molecule has 0 amide bonds. The summed E-state index contributed by atoms with van der Waals surface area (Å²) in [6, 6.07) is 40.9. The molecule has 0 aliphatic rings. The van der Waals surface area contributed by atoms with Crippen LogP contribution in [0.1, 0.15) is 0 Å². The summed E-state index contributed by atoms with van der Waals surface area (Å²) >= 11 is 0. The molecule has 1 nitrogen and oxygen atoms in total. The van der Waals surface area contributed by atoms with Gasteiger partial charge in [-0.15, -0.1) is 0 Å². The van der Waals surface area contributed by atoms with E-state index in [0.29, 0.717) is 0 Å². The lowest BCUT2D eigenvalue weighted by Crippen LogP contribution is -3.00. The van der Waals surface area contributed by atoms with E-state index in [9.17, 15) is 0 Å². The van der Waals surface area contributed by atoms with Gasteiger partial charge in [-0.3, -0.25) is 0 Å². The summed E-state index contributed by atoms with van der Waals surface area (Å²) in [5.41, 5.74) is 7.01. The summed E-state index contributed by atoms with van der Waals surface area (Å²) in [6.45, 7) is 0. The van der Waals surface area contributed by atoms with Gasteiger partial charge in [0.2, 0.25) is 0 Å². The maximum Gasteiger partial charge on any atom is 0.144 e. The van der Waals surface area contributed by atoms with Gasteiger partial charge in [-0.2, -0.15) is 0 Å². The van der Waals surface area contributed by atoms with Crippen molar-refractivity contribution in [2.24, 2.45) is 0 Å². The molecule has 4 aromatic rings. The second-order valence-electron chi connectivity index (χ2n) is 6.27. The molecule has 0 fully saturated rings. The van der Waals surface area contributed by atoms with Gasteiger partial charge >= 0.3 is 0 Å². The first kappa shape index (κ1) is 19.6. The van der Waals surface area contributed by atoms with Gasteiger partial charge in [0.15, 0.2) is 0 Å². The summed E-state index contributed by atoms with van der Waals surface area (Å²) in [4.78, 5) is 0. The third kappa shape index (κ3) is 3.65. The highest BCUT2D eigenvalue weighted by molar-refractivity contribution is 8.01. The molecule has 0 spiro atoms. The Morgan fingerprint density at radius 1 is 0.444 bits per heavy atom. The van der Waals surface area contributed by atoms with Gasteiger partial charge in [0, 0.05) is 11.8 Å². The van der Waals surface area contributed by atoms with E-state index in [4.69, 9.17) is 5.73 Å². The molecule has 0 aromatic heterocycles. The minimum Gasteiger partial charge on any atom is -1.00 e. The highest BCUT2D eigenvalue weighted by atomic mass is 127. The van der Waals surface area contributed by atoms with E-state index in [2.05, 4.69) is 109 Å². The van der Waals surface area contributed by atoms with Crippen molar-refractivity contribution >= 4 is 34.2 Å².